The van der Waals surface area contributed by atoms with E-state index in [0.29, 0.717) is 22.6 Å². The van der Waals surface area contributed by atoms with Crippen LogP contribution in [0.1, 0.15) is 0 Å². The quantitative estimate of drug-likeness (QED) is 0.367. The van der Waals surface area contributed by atoms with Crippen molar-refractivity contribution in [1.82, 2.24) is 19.6 Å². The van der Waals surface area contributed by atoms with Gasteiger partial charge in [0.15, 0.2) is 11.5 Å². The average Bonchev–Trinajstić information content (AvgIpc) is 2.95. The van der Waals surface area contributed by atoms with E-state index in [1.165, 1.54) is 16.6 Å². The molecule has 114 valence electrons. The molecule has 0 radical (unpaired) electrons. The number of benzene rings is 2. The van der Waals surface area contributed by atoms with Gasteiger partial charge in [-0.25, -0.2) is 14.4 Å². The van der Waals surface area contributed by atoms with Crippen molar-refractivity contribution < 1.29 is 4.39 Å². The number of rotatable bonds is 1. The summed E-state index contributed by atoms with van der Waals surface area (Å²) in [4.78, 5) is 8.87. The SMILES string of the molecule is Fc1cccc(-c2nc3c4cc(Br)cc(Br)c4nc(Cl)n3n2)c1. The molecule has 0 aliphatic heterocycles. The molecule has 4 rings (SSSR count). The lowest BCUT2D eigenvalue weighted by Crippen LogP contribution is -1.95. The number of hydrogen-bond donors (Lipinski definition) is 0. The third-order valence-electron chi connectivity index (χ3n) is 3.34. The highest BCUT2D eigenvalue weighted by Gasteiger charge is 2.15. The van der Waals surface area contributed by atoms with E-state index in [0.717, 1.165) is 14.3 Å². The molecule has 0 aliphatic rings. The maximum atomic E-state index is 13.4. The van der Waals surface area contributed by atoms with Gasteiger partial charge < -0.3 is 0 Å². The van der Waals surface area contributed by atoms with Gasteiger partial charge in [0.1, 0.15) is 5.82 Å². The van der Waals surface area contributed by atoms with Crippen molar-refractivity contribution in [3.63, 3.8) is 0 Å². The average molecular weight is 457 g/mol. The summed E-state index contributed by atoms with van der Waals surface area (Å²) in [5, 5.41) is 5.32. The normalized spacial score (nSPS) is 11.5. The molecule has 2 aromatic carbocycles. The molecular formula is C15H6Br2ClFN4. The minimum atomic E-state index is -0.346. The lowest BCUT2D eigenvalue weighted by Gasteiger charge is -2.03. The maximum Gasteiger partial charge on any atom is 0.226 e. The molecule has 0 amide bonds. The van der Waals surface area contributed by atoms with E-state index in [1.54, 1.807) is 12.1 Å². The van der Waals surface area contributed by atoms with Crippen LogP contribution >= 0.6 is 43.5 Å². The zero-order valence-electron chi connectivity index (χ0n) is 11.3. The summed E-state index contributed by atoms with van der Waals surface area (Å²) in [7, 11) is 0. The fourth-order valence-electron chi connectivity index (χ4n) is 2.35. The van der Waals surface area contributed by atoms with Crippen LogP contribution in [0.25, 0.3) is 27.9 Å². The van der Waals surface area contributed by atoms with Crippen LogP contribution < -0.4 is 0 Å². The van der Waals surface area contributed by atoms with Crippen molar-refractivity contribution >= 4 is 60.0 Å². The molecule has 23 heavy (non-hydrogen) atoms. The van der Waals surface area contributed by atoms with Gasteiger partial charge in [-0.2, -0.15) is 4.52 Å². The summed E-state index contributed by atoms with van der Waals surface area (Å²) >= 11 is 13.1. The molecular weight excluding hydrogens is 450 g/mol. The van der Waals surface area contributed by atoms with Crippen molar-refractivity contribution in [2.45, 2.75) is 0 Å². The molecule has 0 atom stereocenters. The number of halogens is 4. The van der Waals surface area contributed by atoms with E-state index in [-0.39, 0.29) is 11.1 Å². The fraction of sp³-hybridized carbons (Fsp3) is 0. The first-order chi connectivity index (χ1) is 11.0. The second-order valence-corrected chi connectivity index (χ2v) is 6.95. The second-order valence-electron chi connectivity index (χ2n) is 4.85. The van der Waals surface area contributed by atoms with Gasteiger partial charge in [0.2, 0.25) is 5.28 Å². The van der Waals surface area contributed by atoms with Gasteiger partial charge in [0, 0.05) is 19.9 Å². The molecule has 0 unspecified atom stereocenters. The van der Waals surface area contributed by atoms with Crippen LogP contribution in [-0.4, -0.2) is 19.6 Å². The largest absolute Gasteiger partial charge is 0.226 e. The Kier molecular flexibility index (Phi) is 3.59. The topological polar surface area (TPSA) is 43.1 Å². The Bertz CT molecular complexity index is 1080. The minimum Gasteiger partial charge on any atom is -0.217 e. The molecule has 0 saturated heterocycles. The zero-order chi connectivity index (χ0) is 16.1. The molecule has 8 heteroatoms. The summed E-state index contributed by atoms with van der Waals surface area (Å²) in [6, 6.07) is 9.88. The van der Waals surface area contributed by atoms with Crippen molar-refractivity contribution in [1.29, 1.82) is 0 Å². The van der Waals surface area contributed by atoms with E-state index in [4.69, 9.17) is 11.6 Å². The summed E-state index contributed by atoms with van der Waals surface area (Å²) in [6.07, 6.45) is 0. The third kappa shape index (κ3) is 2.52. The molecule has 0 fully saturated rings. The summed E-state index contributed by atoms with van der Waals surface area (Å²) in [5.74, 6) is 0.0396. The first-order valence-corrected chi connectivity index (χ1v) is 8.46. The first kappa shape index (κ1) is 15.0. The van der Waals surface area contributed by atoms with Gasteiger partial charge in [-0.3, -0.25) is 0 Å². The standard InChI is InChI=1S/C15H6Br2ClFN4/c16-8-5-10-12(11(17)6-8)20-15(18)23-14(10)21-13(22-23)7-2-1-3-9(19)4-7/h1-6H. The zero-order valence-corrected chi connectivity index (χ0v) is 15.2. The van der Waals surface area contributed by atoms with Crippen molar-refractivity contribution in [3.8, 4) is 11.4 Å². The lowest BCUT2D eigenvalue weighted by atomic mass is 10.2. The van der Waals surface area contributed by atoms with Gasteiger partial charge in [0.05, 0.1) is 5.52 Å². The van der Waals surface area contributed by atoms with Gasteiger partial charge >= 0.3 is 0 Å². The Morgan fingerprint density at radius 2 is 1.91 bits per heavy atom. The number of hydrogen-bond acceptors (Lipinski definition) is 3. The monoisotopic (exact) mass is 454 g/mol. The Labute approximate surface area is 151 Å². The molecule has 0 bridgehead atoms. The predicted octanol–water partition coefficient (Wildman–Crippen LogP) is 5.26. The van der Waals surface area contributed by atoms with E-state index >= 15 is 0 Å². The second kappa shape index (κ2) is 5.51. The highest BCUT2D eigenvalue weighted by atomic mass is 79.9. The Morgan fingerprint density at radius 1 is 1.09 bits per heavy atom. The molecule has 2 aromatic heterocycles. The van der Waals surface area contributed by atoms with Crippen LogP contribution in [-0.2, 0) is 0 Å². The Hall–Kier alpha value is -1.57. The number of aromatic nitrogens is 4. The highest BCUT2D eigenvalue weighted by Crippen LogP contribution is 2.31. The van der Waals surface area contributed by atoms with E-state index < -0.39 is 0 Å². The highest BCUT2D eigenvalue weighted by molar-refractivity contribution is 9.11. The summed E-state index contributed by atoms with van der Waals surface area (Å²) in [5.41, 5.74) is 1.82. The van der Waals surface area contributed by atoms with Gasteiger partial charge in [-0.05, 0) is 51.8 Å². The van der Waals surface area contributed by atoms with Crippen LogP contribution in [0.3, 0.4) is 0 Å². The molecule has 4 nitrogen and oxygen atoms in total. The predicted molar refractivity (Wildman–Crippen MR) is 94.1 cm³/mol. The molecule has 0 N–H and O–H groups in total. The Balaban J connectivity index is 2.08. The van der Waals surface area contributed by atoms with Gasteiger partial charge in [0.25, 0.3) is 0 Å². The van der Waals surface area contributed by atoms with Crippen LogP contribution in [0.2, 0.25) is 5.28 Å². The minimum absolute atomic E-state index is 0.186. The lowest BCUT2D eigenvalue weighted by molar-refractivity contribution is 0.628. The molecule has 2 heterocycles. The van der Waals surface area contributed by atoms with Crippen molar-refractivity contribution in [2.75, 3.05) is 0 Å². The number of nitrogens with zero attached hydrogens (tertiary/aromatic N) is 4. The fourth-order valence-corrected chi connectivity index (χ4v) is 3.87. The van der Waals surface area contributed by atoms with Crippen molar-refractivity contribution in [3.05, 3.63) is 56.4 Å². The molecule has 0 saturated carbocycles. The maximum absolute atomic E-state index is 13.4. The number of fused-ring (bicyclic) bond motifs is 3. The van der Waals surface area contributed by atoms with Gasteiger partial charge in [-0.1, -0.05) is 28.1 Å². The summed E-state index contributed by atoms with van der Waals surface area (Å²) in [6.45, 7) is 0. The van der Waals surface area contributed by atoms with Gasteiger partial charge in [-0.15, -0.1) is 5.10 Å². The smallest absolute Gasteiger partial charge is 0.217 e. The van der Waals surface area contributed by atoms with E-state index in [1.807, 2.05) is 12.1 Å². The molecule has 0 spiro atoms. The molecule has 0 aliphatic carbocycles. The van der Waals surface area contributed by atoms with Crippen LogP contribution in [0, 0.1) is 5.82 Å². The Morgan fingerprint density at radius 3 is 2.70 bits per heavy atom. The van der Waals surface area contributed by atoms with Crippen molar-refractivity contribution in [2.24, 2.45) is 0 Å². The molecule has 4 aromatic rings. The third-order valence-corrected chi connectivity index (χ3v) is 4.64. The first-order valence-electron chi connectivity index (χ1n) is 6.50. The van der Waals surface area contributed by atoms with Crippen LogP contribution in [0.5, 0.6) is 0 Å². The van der Waals surface area contributed by atoms with Crippen LogP contribution in [0.15, 0.2) is 45.3 Å². The van der Waals surface area contributed by atoms with E-state index in [9.17, 15) is 4.39 Å². The van der Waals surface area contributed by atoms with E-state index in [2.05, 4.69) is 46.9 Å². The summed E-state index contributed by atoms with van der Waals surface area (Å²) < 4.78 is 16.5. The van der Waals surface area contributed by atoms with Crippen LogP contribution in [0.4, 0.5) is 4.39 Å².